The van der Waals surface area contributed by atoms with Crippen LogP contribution in [0.2, 0.25) is 10.0 Å². The van der Waals surface area contributed by atoms with E-state index in [4.69, 9.17) is 23.2 Å². The Morgan fingerprint density at radius 2 is 1.88 bits per heavy atom. The van der Waals surface area contributed by atoms with Crippen molar-refractivity contribution >= 4 is 34.9 Å². The standard InChI is InChI=1S/C17H19Cl2N3O2/c1-9-15(11(3)22(5)20-9)16(23)17(24)21(4)10(2)13-7-6-12(18)8-14(13)19/h6-8,10H,1-5H3. The summed E-state index contributed by atoms with van der Waals surface area (Å²) in [5, 5.41) is 5.16. The topological polar surface area (TPSA) is 55.2 Å². The Morgan fingerprint density at radius 3 is 2.38 bits per heavy atom. The van der Waals surface area contributed by atoms with Gasteiger partial charge >= 0.3 is 0 Å². The van der Waals surface area contributed by atoms with Crippen molar-refractivity contribution < 1.29 is 9.59 Å². The van der Waals surface area contributed by atoms with Crippen LogP contribution in [-0.2, 0) is 11.8 Å². The van der Waals surface area contributed by atoms with Gasteiger partial charge in [0.15, 0.2) is 0 Å². The van der Waals surface area contributed by atoms with Crippen LogP contribution in [-0.4, -0.2) is 33.4 Å². The van der Waals surface area contributed by atoms with Crippen molar-refractivity contribution in [2.75, 3.05) is 7.05 Å². The molecule has 1 aromatic carbocycles. The average Bonchev–Trinajstić information content (AvgIpc) is 2.77. The second-order valence-electron chi connectivity index (χ2n) is 5.76. The summed E-state index contributed by atoms with van der Waals surface area (Å²) < 4.78 is 1.59. The molecule has 0 saturated carbocycles. The first-order valence-electron chi connectivity index (χ1n) is 7.41. The first-order chi connectivity index (χ1) is 11.1. The first-order valence-corrected chi connectivity index (χ1v) is 8.17. The predicted molar refractivity (Wildman–Crippen MR) is 94.7 cm³/mol. The Kier molecular flexibility index (Phi) is 5.35. The molecule has 1 aromatic heterocycles. The highest BCUT2D eigenvalue weighted by molar-refractivity contribution is 6.43. The van der Waals surface area contributed by atoms with Crippen LogP contribution in [0.1, 0.15) is 40.3 Å². The molecular formula is C17H19Cl2N3O2. The third-order valence-electron chi connectivity index (χ3n) is 4.24. The van der Waals surface area contributed by atoms with Gasteiger partial charge in [0.1, 0.15) is 0 Å². The fourth-order valence-corrected chi connectivity index (χ4v) is 3.16. The van der Waals surface area contributed by atoms with Gasteiger partial charge in [-0.1, -0.05) is 29.3 Å². The van der Waals surface area contributed by atoms with Crippen molar-refractivity contribution in [3.8, 4) is 0 Å². The van der Waals surface area contributed by atoms with E-state index in [1.807, 2.05) is 6.92 Å². The Morgan fingerprint density at radius 1 is 1.25 bits per heavy atom. The zero-order valence-electron chi connectivity index (χ0n) is 14.2. The van der Waals surface area contributed by atoms with E-state index in [1.165, 1.54) is 4.90 Å². The molecule has 0 aliphatic heterocycles. The zero-order valence-corrected chi connectivity index (χ0v) is 15.7. The van der Waals surface area contributed by atoms with Crippen LogP contribution >= 0.6 is 23.2 Å². The largest absolute Gasteiger partial charge is 0.332 e. The van der Waals surface area contributed by atoms with E-state index < -0.39 is 11.7 Å². The molecular weight excluding hydrogens is 349 g/mol. The lowest BCUT2D eigenvalue weighted by Crippen LogP contribution is -2.36. The van der Waals surface area contributed by atoms with Gasteiger partial charge in [-0.15, -0.1) is 0 Å². The Bertz CT molecular complexity index is 814. The van der Waals surface area contributed by atoms with E-state index in [2.05, 4.69) is 5.10 Å². The molecule has 0 fully saturated rings. The maximum absolute atomic E-state index is 12.6. The molecule has 0 aliphatic carbocycles. The second kappa shape index (κ2) is 6.95. The van der Waals surface area contributed by atoms with E-state index in [0.29, 0.717) is 27.0 Å². The molecule has 7 heteroatoms. The maximum atomic E-state index is 12.6. The number of aryl methyl sites for hydroxylation is 2. The molecule has 0 N–H and O–H groups in total. The molecule has 1 heterocycles. The smallest absolute Gasteiger partial charge is 0.295 e. The highest BCUT2D eigenvalue weighted by Gasteiger charge is 2.29. The molecule has 2 rings (SSSR count). The number of hydrogen-bond donors (Lipinski definition) is 0. The van der Waals surface area contributed by atoms with E-state index in [1.54, 1.807) is 50.8 Å². The fourth-order valence-electron chi connectivity index (χ4n) is 2.59. The predicted octanol–water partition coefficient (Wildman–Crippen LogP) is 3.75. The number of carbonyl (C=O) groups is 2. The molecule has 0 aliphatic rings. The minimum Gasteiger partial charge on any atom is -0.332 e. The van der Waals surface area contributed by atoms with Gasteiger partial charge in [0.05, 0.1) is 17.3 Å². The number of aromatic nitrogens is 2. The molecule has 0 spiro atoms. The van der Waals surface area contributed by atoms with Crippen LogP contribution in [0.15, 0.2) is 18.2 Å². The molecule has 0 bridgehead atoms. The van der Waals surface area contributed by atoms with Gasteiger partial charge in [0, 0.05) is 29.8 Å². The third kappa shape index (κ3) is 3.32. The summed E-state index contributed by atoms with van der Waals surface area (Å²) in [5.41, 5.74) is 2.28. The lowest BCUT2D eigenvalue weighted by molar-refractivity contribution is -0.127. The van der Waals surface area contributed by atoms with Crippen molar-refractivity contribution in [3.05, 3.63) is 50.8 Å². The Labute approximate surface area is 151 Å². The number of Topliss-reactive ketones (excluding diaryl/α,β-unsaturated/α-hetero) is 1. The van der Waals surface area contributed by atoms with Gasteiger partial charge in [-0.25, -0.2) is 0 Å². The monoisotopic (exact) mass is 367 g/mol. The summed E-state index contributed by atoms with van der Waals surface area (Å²) in [6.45, 7) is 5.29. The average molecular weight is 368 g/mol. The normalized spacial score (nSPS) is 12.1. The van der Waals surface area contributed by atoms with E-state index in [9.17, 15) is 9.59 Å². The van der Waals surface area contributed by atoms with Gasteiger partial charge in [-0.05, 0) is 38.5 Å². The molecule has 24 heavy (non-hydrogen) atoms. The minimum absolute atomic E-state index is 0.351. The summed E-state index contributed by atoms with van der Waals surface area (Å²) in [7, 11) is 3.32. The number of benzene rings is 1. The van der Waals surface area contributed by atoms with E-state index >= 15 is 0 Å². The number of likely N-dealkylation sites (N-methyl/N-ethyl adjacent to an activating group) is 1. The lowest BCUT2D eigenvalue weighted by atomic mass is 10.0. The summed E-state index contributed by atoms with van der Waals surface area (Å²) in [5.74, 6) is -1.18. The molecule has 1 atom stereocenters. The van der Waals surface area contributed by atoms with Gasteiger partial charge < -0.3 is 4.90 Å². The van der Waals surface area contributed by atoms with Crippen LogP contribution in [0, 0.1) is 13.8 Å². The summed E-state index contributed by atoms with van der Waals surface area (Å²) in [6.07, 6.45) is 0. The minimum atomic E-state index is -0.604. The lowest BCUT2D eigenvalue weighted by Gasteiger charge is -2.25. The van der Waals surface area contributed by atoms with Crippen molar-refractivity contribution in [1.29, 1.82) is 0 Å². The van der Waals surface area contributed by atoms with Crippen LogP contribution in [0.5, 0.6) is 0 Å². The number of carbonyl (C=O) groups excluding carboxylic acids is 2. The number of rotatable bonds is 4. The number of ketones is 1. The maximum Gasteiger partial charge on any atom is 0.295 e. The van der Waals surface area contributed by atoms with Gasteiger partial charge in [0.25, 0.3) is 11.7 Å². The second-order valence-corrected chi connectivity index (χ2v) is 6.60. The van der Waals surface area contributed by atoms with E-state index in [-0.39, 0.29) is 6.04 Å². The summed E-state index contributed by atoms with van der Waals surface area (Å²) in [6, 6.07) is 4.70. The molecule has 1 unspecified atom stereocenters. The van der Waals surface area contributed by atoms with Crippen LogP contribution in [0.4, 0.5) is 0 Å². The molecule has 0 saturated heterocycles. The number of amides is 1. The third-order valence-corrected chi connectivity index (χ3v) is 4.81. The van der Waals surface area contributed by atoms with Crippen molar-refractivity contribution in [1.82, 2.24) is 14.7 Å². The van der Waals surface area contributed by atoms with Crippen LogP contribution in [0.3, 0.4) is 0 Å². The highest BCUT2D eigenvalue weighted by atomic mass is 35.5. The van der Waals surface area contributed by atoms with Crippen molar-refractivity contribution in [3.63, 3.8) is 0 Å². The van der Waals surface area contributed by atoms with Crippen molar-refractivity contribution in [2.45, 2.75) is 26.8 Å². The first kappa shape index (κ1) is 18.5. The van der Waals surface area contributed by atoms with Gasteiger partial charge in [-0.2, -0.15) is 5.10 Å². The summed E-state index contributed by atoms with van der Waals surface area (Å²) >= 11 is 12.1. The molecule has 0 radical (unpaired) electrons. The number of hydrogen-bond acceptors (Lipinski definition) is 3. The van der Waals surface area contributed by atoms with Gasteiger partial charge in [-0.3, -0.25) is 14.3 Å². The Balaban J connectivity index is 2.30. The van der Waals surface area contributed by atoms with Crippen LogP contribution < -0.4 is 0 Å². The molecule has 2 aromatic rings. The van der Waals surface area contributed by atoms with Gasteiger partial charge in [0.2, 0.25) is 0 Å². The Hall–Kier alpha value is -1.85. The SMILES string of the molecule is Cc1nn(C)c(C)c1C(=O)C(=O)N(C)C(C)c1ccc(Cl)cc1Cl. The summed E-state index contributed by atoms with van der Waals surface area (Å²) in [4.78, 5) is 26.6. The quantitative estimate of drug-likeness (QED) is 0.610. The molecule has 128 valence electrons. The highest BCUT2D eigenvalue weighted by Crippen LogP contribution is 2.29. The van der Waals surface area contributed by atoms with Crippen LogP contribution in [0.25, 0.3) is 0 Å². The van der Waals surface area contributed by atoms with E-state index in [0.717, 1.165) is 5.56 Å². The fraction of sp³-hybridized carbons (Fsp3) is 0.353. The number of halogens is 2. The zero-order chi connectivity index (χ0) is 18.2. The molecule has 1 amide bonds. The van der Waals surface area contributed by atoms with Crippen molar-refractivity contribution in [2.24, 2.45) is 7.05 Å². The number of nitrogens with zero attached hydrogens (tertiary/aromatic N) is 3. The molecule has 5 nitrogen and oxygen atoms in total.